The zero-order valence-corrected chi connectivity index (χ0v) is 19.8. The van der Waals surface area contributed by atoms with Crippen LogP contribution >= 0.6 is 22.9 Å². The lowest BCUT2D eigenvalue weighted by Gasteiger charge is -2.19. The number of nitrogens with zero attached hydrogens (tertiary/aromatic N) is 2. The molecule has 0 atom stereocenters. The van der Waals surface area contributed by atoms with E-state index in [0.717, 1.165) is 16.9 Å². The number of methoxy groups -OCH3 is 1. The van der Waals surface area contributed by atoms with Crippen LogP contribution in [0, 0.1) is 0 Å². The van der Waals surface area contributed by atoms with Gasteiger partial charge in [0.15, 0.2) is 0 Å². The van der Waals surface area contributed by atoms with Gasteiger partial charge in [-0.05, 0) is 36.9 Å². The molecule has 0 aliphatic rings. The minimum absolute atomic E-state index is 0.150. The van der Waals surface area contributed by atoms with Gasteiger partial charge in [-0.25, -0.2) is 4.98 Å². The first-order valence-electron chi connectivity index (χ1n) is 10.4. The summed E-state index contributed by atoms with van der Waals surface area (Å²) in [6, 6.07) is 14.6. The van der Waals surface area contributed by atoms with Gasteiger partial charge < -0.3 is 15.0 Å². The van der Waals surface area contributed by atoms with Gasteiger partial charge in [0, 0.05) is 27.2 Å². The number of fused-ring (bicyclic) bond motifs is 1. The van der Waals surface area contributed by atoms with Gasteiger partial charge in [-0.3, -0.25) is 14.5 Å². The zero-order chi connectivity index (χ0) is 23.4. The first kappa shape index (κ1) is 23.0. The number of H-pyrrole nitrogens is 1. The maximum atomic E-state index is 12.9. The maximum Gasteiger partial charge on any atom is 0.260 e. The molecule has 0 saturated heterocycles. The number of hydrogen-bond donors (Lipinski definition) is 2. The molecule has 0 bridgehead atoms. The number of amides is 1. The molecule has 9 heteroatoms. The average molecular weight is 483 g/mol. The van der Waals surface area contributed by atoms with Gasteiger partial charge in [-0.2, -0.15) is 0 Å². The normalized spacial score (nSPS) is 11.2. The number of aromatic nitrogens is 2. The predicted molar refractivity (Wildman–Crippen MR) is 133 cm³/mol. The summed E-state index contributed by atoms with van der Waals surface area (Å²) in [6.45, 7) is 3.08. The molecule has 4 aromatic rings. The number of carbonyl (C=O) groups excluding carboxylic acids is 1. The number of carbonyl (C=O) groups is 1. The Morgan fingerprint density at radius 3 is 2.64 bits per heavy atom. The fourth-order valence-electron chi connectivity index (χ4n) is 3.52. The summed E-state index contributed by atoms with van der Waals surface area (Å²) in [4.78, 5) is 35.5. The van der Waals surface area contributed by atoms with Gasteiger partial charge >= 0.3 is 0 Å². The quantitative estimate of drug-likeness (QED) is 0.377. The third kappa shape index (κ3) is 5.24. The molecule has 2 N–H and O–H groups in total. The highest BCUT2D eigenvalue weighted by molar-refractivity contribution is 7.17. The lowest BCUT2D eigenvalue weighted by molar-refractivity contribution is -0.117. The molecule has 33 heavy (non-hydrogen) atoms. The molecule has 2 aromatic carbocycles. The smallest absolute Gasteiger partial charge is 0.260 e. The number of hydrogen-bond acceptors (Lipinski definition) is 6. The number of anilines is 1. The number of aromatic amines is 1. The highest BCUT2D eigenvalue weighted by atomic mass is 35.5. The largest absolute Gasteiger partial charge is 0.497 e. The summed E-state index contributed by atoms with van der Waals surface area (Å²) in [6.07, 6.45) is 0. The Morgan fingerprint density at radius 1 is 1.18 bits per heavy atom. The van der Waals surface area contributed by atoms with Crippen molar-refractivity contribution in [2.75, 3.05) is 25.5 Å². The van der Waals surface area contributed by atoms with Gasteiger partial charge in [0.1, 0.15) is 16.4 Å². The van der Waals surface area contributed by atoms with Gasteiger partial charge in [0.05, 0.1) is 25.6 Å². The highest BCUT2D eigenvalue weighted by Gasteiger charge is 2.17. The van der Waals surface area contributed by atoms with Crippen molar-refractivity contribution in [3.63, 3.8) is 0 Å². The van der Waals surface area contributed by atoms with Gasteiger partial charge in [0.25, 0.3) is 5.56 Å². The topological polar surface area (TPSA) is 87.3 Å². The van der Waals surface area contributed by atoms with E-state index in [1.165, 1.54) is 11.3 Å². The van der Waals surface area contributed by atoms with E-state index >= 15 is 0 Å². The van der Waals surface area contributed by atoms with E-state index in [9.17, 15) is 9.59 Å². The van der Waals surface area contributed by atoms with E-state index in [0.29, 0.717) is 39.8 Å². The summed E-state index contributed by atoms with van der Waals surface area (Å²) in [7, 11) is 1.59. The molecule has 0 unspecified atom stereocenters. The summed E-state index contributed by atoms with van der Waals surface area (Å²) in [5.41, 5.74) is 2.04. The molecule has 0 saturated carbocycles. The Balaban J connectivity index is 1.49. The number of ether oxygens (including phenoxy) is 1. The fourth-order valence-corrected chi connectivity index (χ4v) is 4.71. The zero-order valence-electron chi connectivity index (χ0n) is 18.2. The first-order chi connectivity index (χ1) is 16.0. The van der Waals surface area contributed by atoms with Gasteiger partial charge in [-0.1, -0.05) is 36.7 Å². The fraction of sp³-hybridized carbons (Fsp3) is 0.208. The van der Waals surface area contributed by atoms with Crippen LogP contribution in [0.4, 0.5) is 5.69 Å². The number of thiophene rings is 1. The second kappa shape index (κ2) is 10.2. The van der Waals surface area contributed by atoms with Crippen LogP contribution in [0.3, 0.4) is 0 Å². The monoisotopic (exact) mass is 482 g/mol. The number of nitrogens with one attached hydrogen (secondary N) is 2. The molecule has 2 heterocycles. The minimum atomic E-state index is -0.218. The van der Waals surface area contributed by atoms with E-state index < -0.39 is 0 Å². The summed E-state index contributed by atoms with van der Waals surface area (Å²) in [5, 5.41) is 5.88. The first-order valence-corrected chi connectivity index (χ1v) is 11.7. The average Bonchev–Trinajstić information content (AvgIpc) is 3.23. The van der Waals surface area contributed by atoms with Crippen molar-refractivity contribution >= 4 is 44.7 Å². The minimum Gasteiger partial charge on any atom is -0.497 e. The predicted octanol–water partition coefficient (Wildman–Crippen LogP) is 4.77. The van der Waals surface area contributed by atoms with Crippen LogP contribution < -0.4 is 15.6 Å². The van der Waals surface area contributed by atoms with Crippen LogP contribution in [0.25, 0.3) is 21.3 Å². The Hall–Kier alpha value is -3.20. The van der Waals surface area contributed by atoms with E-state index in [-0.39, 0.29) is 18.0 Å². The van der Waals surface area contributed by atoms with Gasteiger partial charge in [-0.15, -0.1) is 11.3 Å². The second-order valence-electron chi connectivity index (χ2n) is 7.40. The second-order valence-corrected chi connectivity index (χ2v) is 8.67. The molecular formula is C24H23ClN4O3S. The molecule has 0 spiro atoms. The lowest BCUT2D eigenvalue weighted by Crippen LogP contribution is -2.33. The van der Waals surface area contributed by atoms with Crippen LogP contribution in [0.15, 0.2) is 58.7 Å². The van der Waals surface area contributed by atoms with E-state index in [1.807, 2.05) is 35.4 Å². The molecule has 1 amide bonds. The van der Waals surface area contributed by atoms with Crippen molar-refractivity contribution in [2.45, 2.75) is 13.5 Å². The molecule has 0 aliphatic carbocycles. The summed E-state index contributed by atoms with van der Waals surface area (Å²) >= 11 is 7.73. The van der Waals surface area contributed by atoms with Crippen molar-refractivity contribution in [3.05, 3.63) is 75.1 Å². The van der Waals surface area contributed by atoms with Crippen LogP contribution in [0.5, 0.6) is 5.75 Å². The van der Waals surface area contributed by atoms with Crippen LogP contribution in [0.2, 0.25) is 5.02 Å². The molecule has 170 valence electrons. The maximum absolute atomic E-state index is 12.9. The number of likely N-dealkylation sites (N-methyl/N-ethyl adjacent to an activating group) is 1. The Kier molecular flexibility index (Phi) is 7.08. The molecule has 7 nitrogen and oxygen atoms in total. The Labute approximate surface area is 200 Å². The highest BCUT2D eigenvalue weighted by Crippen LogP contribution is 2.34. The van der Waals surface area contributed by atoms with E-state index in [4.69, 9.17) is 16.3 Å². The number of halogens is 1. The molecule has 0 fully saturated rings. The Bertz CT molecular complexity index is 1330. The van der Waals surface area contributed by atoms with Crippen LogP contribution in [0.1, 0.15) is 12.7 Å². The molecule has 4 rings (SSSR count). The lowest BCUT2D eigenvalue weighted by atomic mass is 10.1. The standard InChI is InChI=1S/C24H23ClN4O3S/c1-3-29(13-21(30)26-15-8-10-16(32-2)11-9-15)12-20-27-23(31)22-18(14-33-24(22)28-20)17-6-4-5-7-19(17)25/h4-11,14H,3,12-13H2,1-2H3,(H,26,30)(H,27,28,31). The van der Waals surface area contributed by atoms with Crippen molar-refractivity contribution in [1.29, 1.82) is 0 Å². The van der Waals surface area contributed by atoms with Crippen molar-refractivity contribution < 1.29 is 9.53 Å². The SMILES string of the molecule is CCN(CC(=O)Nc1ccc(OC)cc1)Cc1nc2scc(-c3ccccc3Cl)c2c(=O)[nH]1. The van der Waals surface area contributed by atoms with Crippen molar-refractivity contribution in [2.24, 2.45) is 0 Å². The molecule has 0 aliphatic heterocycles. The van der Waals surface area contributed by atoms with Crippen LogP contribution in [-0.2, 0) is 11.3 Å². The van der Waals surface area contributed by atoms with Crippen LogP contribution in [-0.4, -0.2) is 41.0 Å². The van der Waals surface area contributed by atoms with Crippen molar-refractivity contribution in [1.82, 2.24) is 14.9 Å². The van der Waals surface area contributed by atoms with Gasteiger partial charge in [0.2, 0.25) is 5.91 Å². The molecule has 2 aromatic heterocycles. The molecular weight excluding hydrogens is 460 g/mol. The number of rotatable bonds is 8. The van der Waals surface area contributed by atoms with E-state index in [1.54, 1.807) is 37.4 Å². The summed E-state index contributed by atoms with van der Waals surface area (Å²) < 4.78 is 5.13. The van der Waals surface area contributed by atoms with E-state index in [2.05, 4.69) is 15.3 Å². The number of benzene rings is 2. The molecule has 0 radical (unpaired) electrons. The summed E-state index contributed by atoms with van der Waals surface area (Å²) in [5.74, 6) is 1.08. The Morgan fingerprint density at radius 2 is 1.94 bits per heavy atom. The third-order valence-electron chi connectivity index (χ3n) is 5.22. The van der Waals surface area contributed by atoms with Crippen molar-refractivity contribution in [3.8, 4) is 16.9 Å². The third-order valence-corrected chi connectivity index (χ3v) is 6.42.